The molecule has 0 aliphatic heterocycles. The van der Waals surface area contributed by atoms with Gasteiger partial charge in [-0.1, -0.05) is 61.9 Å². The van der Waals surface area contributed by atoms with Crippen LogP contribution in [0.1, 0.15) is 50.3 Å². The van der Waals surface area contributed by atoms with Gasteiger partial charge in [0, 0.05) is 13.1 Å². The van der Waals surface area contributed by atoms with Crippen molar-refractivity contribution < 1.29 is 14.3 Å². The molecule has 29 heavy (non-hydrogen) atoms. The second kappa shape index (κ2) is 10.6. The molecular formula is C24H32N2O3. The van der Waals surface area contributed by atoms with Gasteiger partial charge in [-0.05, 0) is 43.9 Å². The summed E-state index contributed by atoms with van der Waals surface area (Å²) in [5.41, 5.74) is 3.18. The lowest BCUT2D eigenvalue weighted by Gasteiger charge is -2.29. The van der Waals surface area contributed by atoms with Crippen LogP contribution in [0.2, 0.25) is 0 Å². The molecule has 1 atom stereocenters. The number of hydrogen-bond acceptors (Lipinski definition) is 3. The van der Waals surface area contributed by atoms with Crippen molar-refractivity contribution in [1.82, 2.24) is 10.2 Å². The monoisotopic (exact) mass is 396 g/mol. The molecule has 156 valence electrons. The summed E-state index contributed by atoms with van der Waals surface area (Å²) in [5.74, 6) is 0.606. The Morgan fingerprint density at radius 1 is 1.03 bits per heavy atom. The Bertz CT molecular complexity index is 815. The zero-order valence-electron chi connectivity index (χ0n) is 18.1. The minimum atomic E-state index is -0.590. The number of likely N-dealkylation sites (N-methyl/N-ethyl adjacent to an activating group) is 1. The summed E-state index contributed by atoms with van der Waals surface area (Å²) >= 11 is 0. The second-order valence-electron chi connectivity index (χ2n) is 7.56. The number of carbonyl (C=O) groups excluding carboxylic acids is 2. The third-order valence-corrected chi connectivity index (χ3v) is 4.88. The van der Waals surface area contributed by atoms with Crippen molar-refractivity contribution in [2.75, 3.05) is 13.2 Å². The molecule has 2 amide bonds. The number of para-hydroxylation sites is 1. The number of benzene rings is 2. The molecule has 0 saturated heterocycles. The number of carbonyl (C=O) groups is 2. The van der Waals surface area contributed by atoms with Gasteiger partial charge >= 0.3 is 0 Å². The van der Waals surface area contributed by atoms with Crippen LogP contribution < -0.4 is 10.1 Å². The number of ether oxygens (including phenoxy) is 1. The molecule has 1 N–H and O–H groups in total. The number of rotatable bonds is 9. The van der Waals surface area contributed by atoms with Crippen LogP contribution in [0, 0.1) is 6.92 Å². The van der Waals surface area contributed by atoms with Gasteiger partial charge < -0.3 is 15.0 Å². The summed E-state index contributed by atoms with van der Waals surface area (Å²) in [7, 11) is 0. The van der Waals surface area contributed by atoms with E-state index in [4.69, 9.17) is 4.74 Å². The maximum absolute atomic E-state index is 13.0. The molecule has 2 aromatic rings. The number of aryl methyl sites for hydroxylation is 1. The minimum Gasteiger partial charge on any atom is -0.483 e. The summed E-state index contributed by atoms with van der Waals surface area (Å²) < 4.78 is 5.86. The molecule has 0 fully saturated rings. The molecular weight excluding hydrogens is 364 g/mol. The van der Waals surface area contributed by atoms with Gasteiger partial charge in [0.05, 0.1) is 0 Å². The fraction of sp³-hybridized carbons (Fsp3) is 0.417. The lowest BCUT2D eigenvalue weighted by molar-refractivity contribution is -0.142. The quantitative estimate of drug-likeness (QED) is 0.696. The molecule has 0 bridgehead atoms. The highest BCUT2D eigenvalue weighted by molar-refractivity contribution is 5.87. The van der Waals surface area contributed by atoms with Crippen molar-refractivity contribution in [1.29, 1.82) is 0 Å². The maximum Gasteiger partial charge on any atom is 0.261 e. The van der Waals surface area contributed by atoms with E-state index in [1.807, 2.05) is 62.4 Å². The van der Waals surface area contributed by atoms with Crippen LogP contribution in [-0.4, -0.2) is 35.9 Å². The van der Waals surface area contributed by atoms with Crippen LogP contribution in [0.5, 0.6) is 5.75 Å². The topological polar surface area (TPSA) is 58.6 Å². The molecule has 0 heterocycles. The van der Waals surface area contributed by atoms with Gasteiger partial charge in [-0.2, -0.15) is 0 Å². The molecule has 0 radical (unpaired) electrons. The van der Waals surface area contributed by atoms with E-state index >= 15 is 0 Å². The van der Waals surface area contributed by atoms with Gasteiger partial charge in [-0.25, -0.2) is 0 Å². The summed E-state index contributed by atoms with van der Waals surface area (Å²) in [5, 5.41) is 2.80. The standard InChI is InChI=1S/C24H32N2O3/c1-6-25-24(28)19(5)26(15-20-13-11-18(4)12-14-20)23(27)16-29-22-10-8-7-9-21(22)17(2)3/h7-14,17,19H,6,15-16H2,1-5H3,(H,25,28). The van der Waals surface area contributed by atoms with Gasteiger partial charge in [0.25, 0.3) is 5.91 Å². The van der Waals surface area contributed by atoms with Crippen LogP contribution >= 0.6 is 0 Å². The van der Waals surface area contributed by atoms with Crippen molar-refractivity contribution in [3.63, 3.8) is 0 Å². The van der Waals surface area contributed by atoms with Gasteiger partial charge in [0.1, 0.15) is 11.8 Å². The number of amides is 2. The van der Waals surface area contributed by atoms with Crippen LogP contribution in [0.15, 0.2) is 48.5 Å². The van der Waals surface area contributed by atoms with Crippen molar-refractivity contribution >= 4 is 11.8 Å². The molecule has 2 rings (SSSR count). The van der Waals surface area contributed by atoms with E-state index in [0.29, 0.717) is 24.8 Å². The van der Waals surface area contributed by atoms with E-state index < -0.39 is 6.04 Å². The molecule has 5 nitrogen and oxygen atoms in total. The summed E-state index contributed by atoms with van der Waals surface area (Å²) in [6.07, 6.45) is 0. The molecule has 0 saturated carbocycles. The van der Waals surface area contributed by atoms with Crippen LogP contribution in [0.3, 0.4) is 0 Å². The van der Waals surface area contributed by atoms with E-state index in [1.54, 1.807) is 11.8 Å². The van der Waals surface area contributed by atoms with E-state index in [2.05, 4.69) is 19.2 Å². The van der Waals surface area contributed by atoms with Crippen LogP contribution in [0.25, 0.3) is 0 Å². The second-order valence-corrected chi connectivity index (χ2v) is 7.56. The fourth-order valence-electron chi connectivity index (χ4n) is 3.11. The van der Waals surface area contributed by atoms with E-state index in [0.717, 1.165) is 16.7 Å². The Labute approximate surface area is 174 Å². The van der Waals surface area contributed by atoms with Crippen molar-refractivity contribution in [3.8, 4) is 5.75 Å². The predicted octanol–water partition coefficient (Wildman–Crippen LogP) is 4.05. The highest BCUT2D eigenvalue weighted by atomic mass is 16.5. The Morgan fingerprint density at radius 3 is 2.31 bits per heavy atom. The molecule has 0 aliphatic rings. The zero-order chi connectivity index (χ0) is 21.4. The van der Waals surface area contributed by atoms with Crippen molar-refractivity contribution in [2.24, 2.45) is 0 Å². The smallest absolute Gasteiger partial charge is 0.261 e. The van der Waals surface area contributed by atoms with Crippen molar-refractivity contribution in [3.05, 3.63) is 65.2 Å². The number of hydrogen-bond donors (Lipinski definition) is 1. The van der Waals surface area contributed by atoms with E-state index in [9.17, 15) is 9.59 Å². The van der Waals surface area contributed by atoms with Gasteiger partial charge in [0.15, 0.2) is 6.61 Å². The van der Waals surface area contributed by atoms with Crippen LogP contribution in [0.4, 0.5) is 0 Å². The summed E-state index contributed by atoms with van der Waals surface area (Å²) in [6.45, 7) is 10.6. The largest absolute Gasteiger partial charge is 0.483 e. The van der Waals surface area contributed by atoms with E-state index in [-0.39, 0.29) is 18.4 Å². The Hall–Kier alpha value is -2.82. The minimum absolute atomic E-state index is 0.112. The summed E-state index contributed by atoms with van der Waals surface area (Å²) in [6, 6.07) is 15.1. The van der Waals surface area contributed by atoms with E-state index in [1.165, 1.54) is 0 Å². The molecule has 5 heteroatoms. The molecule has 1 unspecified atom stereocenters. The lowest BCUT2D eigenvalue weighted by Crippen LogP contribution is -2.49. The normalized spacial score (nSPS) is 11.8. The van der Waals surface area contributed by atoms with Gasteiger partial charge in [-0.3, -0.25) is 9.59 Å². The van der Waals surface area contributed by atoms with Gasteiger partial charge in [0.2, 0.25) is 5.91 Å². The first-order valence-electron chi connectivity index (χ1n) is 10.2. The Kier molecular flexibility index (Phi) is 8.25. The SMILES string of the molecule is CCNC(=O)C(C)N(Cc1ccc(C)cc1)C(=O)COc1ccccc1C(C)C. The predicted molar refractivity (Wildman–Crippen MR) is 116 cm³/mol. The fourth-order valence-corrected chi connectivity index (χ4v) is 3.11. The number of nitrogens with zero attached hydrogens (tertiary/aromatic N) is 1. The number of nitrogens with one attached hydrogen (secondary N) is 1. The Balaban J connectivity index is 2.17. The van der Waals surface area contributed by atoms with Crippen molar-refractivity contribution in [2.45, 2.75) is 53.1 Å². The lowest BCUT2D eigenvalue weighted by atomic mass is 10.0. The third kappa shape index (κ3) is 6.34. The molecule has 2 aromatic carbocycles. The first-order chi connectivity index (χ1) is 13.8. The zero-order valence-corrected chi connectivity index (χ0v) is 18.1. The average molecular weight is 397 g/mol. The highest BCUT2D eigenvalue weighted by Crippen LogP contribution is 2.26. The Morgan fingerprint density at radius 2 is 1.69 bits per heavy atom. The molecule has 0 aromatic heterocycles. The third-order valence-electron chi connectivity index (χ3n) is 4.88. The first kappa shape index (κ1) is 22.5. The molecule has 0 spiro atoms. The molecule has 0 aliphatic carbocycles. The highest BCUT2D eigenvalue weighted by Gasteiger charge is 2.26. The average Bonchev–Trinajstić information content (AvgIpc) is 2.71. The summed E-state index contributed by atoms with van der Waals surface area (Å²) in [4.78, 5) is 27.0. The maximum atomic E-state index is 13.0. The van der Waals surface area contributed by atoms with Gasteiger partial charge in [-0.15, -0.1) is 0 Å². The van der Waals surface area contributed by atoms with Crippen LogP contribution in [-0.2, 0) is 16.1 Å². The first-order valence-corrected chi connectivity index (χ1v) is 10.2.